The van der Waals surface area contributed by atoms with Crippen molar-refractivity contribution >= 4 is 10.4 Å². The summed E-state index contributed by atoms with van der Waals surface area (Å²) in [5.41, 5.74) is 0. The molecule has 0 aromatic carbocycles. The molecule has 1 saturated heterocycles. The van der Waals surface area contributed by atoms with Crippen molar-refractivity contribution in [1.82, 2.24) is 0 Å². The second kappa shape index (κ2) is 0.940. The van der Waals surface area contributed by atoms with Gasteiger partial charge in [-0.05, 0) is 0 Å². The zero-order chi connectivity index (χ0) is 5.83. The molecular weight excluding hydrogens is 132 g/mol. The smallest absolute Gasteiger partial charge is 0.212 e. The third-order valence-electron chi connectivity index (χ3n) is 1.17. The summed E-state index contributed by atoms with van der Waals surface area (Å²) in [7, 11) is -3.53. The van der Waals surface area contributed by atoms with Gasteiger partial charge in [0.15, 0.2) is 0 Å². The molecule has 4 nitrogen and oxygen atoms in total. The average molecular weight is 136 g/mol. The minimum Gasteiger partial charge on any atom is -0.212 e. The molecule has 1 spiro atoms. The minimum absolute atomic E-state index is 0.682. The van der Waals surface area contributed by atoms with Crippen LogP contribution in [0.25, 0.3) is 0 Å². The summed E-state index contributed by atoms with van der Waals surface area (Å²) in [6, 6.07) is 0. The Hall–Kier alpha value is -0.130. The fourth-order valence-corrected chi connectivity index (χ4v) is 1.74. The van der Waals surface area contributed by atoms with Crippen LogP contribution < -0.4 is 0 Å². The van der Waals surface area contributed by atoms with Crippen LogP contribution in [0.15, 0.2) is 0 Å². The Morgan fingerprint density at radius 2 is 1.75 bits per heavy atom. The fraction of sp³-hybridized carbons (Fsp3) is 1.00. The number of rotatable bonds is 0. The second-order valence-electron chi connectivity index (χ2n) is 1.99. The van der Waals surface area contributed by atoms with Gasteiger partial charge in [0.25, 0.3) is 0 Å². The van der Waals surface area contributed by atoms with Gasteiger partial charge in [-0.15, -0.1) is 0 Å². The molecule has 1 saturated carbocycles. The molecule has 1 aliphatic heterocycles. The van der Waals surface area contributed by atoms with Gasteiger partial charge in [0.05, 0.1) is 0 Å². The molecule has 46 valence electrons. The van der Waals surface area contributed by atoms with Crippen molar-refractivity contribution in [1.29, 1.82) is 0 Å². The van der Waals surface area contributed by atoms with Crippen LogP contribution in [-0.4, -0.2) is 14.2 Å². The Kier molecular flexibility index (Phi) is 0.555. The van der Waals surface area contributed by atoms with Crippen molar-refractivity contribution in [3.8, 4) is 0 Å². The Labute approximate surface area is 46.7 Å². The SMILES string of the molecule is O=S1(=O)OC2(CC2)O1. The third kappa shape index (κ3) is 0.489. The molecule has 0 radical (unpaired) electrons. The van der Waals surface area contributed by atoms with Gasteiger partial charge in [-0.2, -0.15) is 8.42 Å². The lowest BCUT2D eigenvalue weighted by Crippen LogP contribution is -2.38. The van der Waals surface area contributed by atoms with Crippen LogP contribution in [0.1, 0.15) is 12.8 Å². The Balaban J connectivity index is 2.21. The second-order valence-corrected chi connectivity index (χ2v) is 3.14. The van der Waals surface area contributed by atoms with Crippen LogP contribution in [0.3, 0.4) is 0 Å². The molecule has 0 N–H and O–H groups in total. The molecule has 2 rings (SSSR count). The third-order valence-corrected chi connectivity index (χ3v) is 2.18. The first kappa shape index (κ1) is 4.72. The number of hydrogen-bond donors (Lipinski definition) is 0. The molecule has 1 aliphatic carbocycles. The van der Waals surface area contributed by atoms with Gasteiger partial charge in [0.2, 0.25) is 5.79 Å². The van der Waals surface area contributed by atoms with Crippen molar-refractivity contribution < 1.29 is 16.8 Å². The van der Waals surface area contributed by atoms with E-state index in [2.05, 4.69) is 8.37 Å². The van der Waals surface area contributed by atoms with E-state index in [9.17, 15) is 8.42 Å². The van der Waals surface area contributed by atoms with E-state index in [-0.39, 0.29) is 0 Å². The highest BCUT2D eigenvalue weighted by Crippen LogP contribution is 2.50. The van der Waals surface area contributed by atoms with Crippen LogP contribution in [0, 0.1) is 0 Å². The quantitative estimate of drug-likeness (QED) is 0.461. The topological polar surface area (TPSA) is 52.6 Å². The van der Waals surface area contributed by atoms with E-state index in [0.717, 1.165) is 0 Å². The van der Waals surface area contributed by atoms with Crippen LogP contribution in [-0.2, 0) is 18.8 Å². The van der Waals surface area contributed by atoms with Crippen molar-refractivity contribution in [3.05, 3.63) is 0 Å². The highest BCUT2D eigenvalue weighted by Gasteiger charge is 2.61. The van der Waals surface area contributed by atoms with Crippen molar-refractivity contribution in [2.75, 3.05) is 0 Å². The van der Waals surface area contributed by atoms with Gasteiger partial charge in [-0.25, -0.2) is 8.37 Å². The molecule has 0 aromatic heterocycles. The van der Waals surface area contributed by atoms with E-state index in [1.807, 2.05) is 0 Å². The summed E-state index contributed by atoms with van der Waals surface area (Å²) >= 11 is 0. The van der Waals surface area contributed by atoms with Crippen molar-refractivity contribution in [2.45, 2.75) is 18.6 Å². The summed E-state index contributed by atoms with van der Waals surface area (Å²) in [6.45, 7) is 0. The standard InChI is InChI=1S/C3H4O4S/c4-8(5)6-3(7-8)1-2-3/h1-2H2. The first-order valence-electron chi connectivity index (χ1n) is 2.28. The maximum absolute atomic E-state index is 10.1. The summed E-state index contributed by atoms with van der Waals surface area (Å²) < 4.78 is 28.9. The van der Waals surface area contributed by atoms with E-state index < -0.39 is 16.2 Å². The fourth-order valence-electron chi connectivity index (χ4n) is 0.647. The molecule has 8 heavy (non-hydrogen) atoms. The van der Waals surface area contributed by atoms with Crippen molar-refractivity contribution in [3.63, 3.8) is 0 Å². The van der Waals surface area contributed by atoms with Crippen LogP contribution in [0.5, 0.6) is 0 Å². The summed E-state index contributed by atoms with van der Waals surface area (Å²) in [5, 5.41) is 0. The molecule has 0 unspecified atom stereocenters. The molecule has 5 heteroatoms. The summed E-state index contributed by atoms with van der Waals surface area (Å²) in [4.78, 5) is 0. The zero-order valence-corrected chi connectivity index (χ0v) is 4.77. The molecule has 1 heterocycles. The number of hydrogen-bond acceptors (Lipinski definition) is 4. The largest absolute Gasteiger partial charge is 0.405 e. The van der Waals surface area contributed by atoms with Gasteiger partial charge >= 0.3 is 10.4 Å². The minimum atomic E-state index is -3.53. The Bertz CT molecular complexity index is 197. The van der Waals surface area contributed by atoms with Crippen molar-refractivity contribution in [2.24, 2.45) is 0 Å². The van der Waals surface area contributed by atoms with Crippen LogP contribution >= 0.6 is 0 Å². The Morgan fingerprint density at radius 3 is 1.88 bits per heavy atom. The molecular formula is C3H4O4S. The highest BCUT2D eigenvalue weighted by molar-refractivity contribution is 7.82. The van der Waals surface area contributed by atoms with Gasteiger partial charge in [0.1, 0.15) is 0 Å². The lowest BCUT2D eigenvalue weighted by molar-refractivity contribution is -0.104. The van der Waals surface area contributed by atoms with Gasteiger partial charge in [-0.3, -0.25) is 0 Å². The normalized spacial score (nSPS) is 36.5. The predicted molar refractivity (Wildman–Crippen MR) is 23.1 cm³/mol. The highest BCUT2D eigenvalue weighted by atomic mass is 32.3. The maximum atomic E-state index is 10.1. The molecule has 0 amide bonds. The van der Waals surface area contributed by atoms with Crippen LogP contribution in [0.4, 0.5) is 0 Å². The first-order valence-corrected chi connectivity index (χ1v) is 3.62. The van der Waals surface area contributed by atoms with E-state index in [4.69, 9.17) is 0 Å². The van der Waals surface area contributed by atoms with E-state index in [1.165, 1.54) is 0 Å². The van der Waals surface area contributed by atoms with Gasteiger partial charge in [0, 0.05) is 12.8 Å². The molecule has 0 aromatic rings. The molecule has 0 atom stereocenters. The van der Waals surface area contributed by atoms with E-state index >= 15 is 0 Å². The predicted octanol–water partition coefficient (Wildman–Crippen LogP) is -0.232. The lowest BCUT2D eigenvalue weighted by Gasteiger charge is -2.23. The average Bonchev–Trinajstić information content (AvgIpc) is 2.12. The zero-order valence-electron chi connectivity index (χ0n) is 3.96. The van der Waals surface area contributed by atoms with Crippen LogP contribution in [0.2, 0.25) is 0 Å². The summed E-state index contributed by atoms with van der Waals surface area (Å²) in [5.74, 6) is -0.682. The molecule has 2 fully saturated rings. The summed E-state index contributed by atoms with van der Waals surface area (Å²) in [6.07, 6.45) is 1.43. The molecule has 0 bridgehead atoms. The lowest BCUT2D eigenvalue weighted by atomic mass is 10.7. The van der Waals surface area contributed by atoms with E-state index in [0.29, 0.717) is 12.8 Å². The molecule has 2 aliphatic rings. The van der Waals surface area contributed by atoms with Gasteiger partial charge < -0.3 is 0 Å². The first-order chi connectivity index (χ1) is 3.62. The van der Waals surface area contributed by atoms with E-state index in [1.54, 1.807) is 0 Å². The van der Waals surface area contributed by atoms with Gasteiger partial charge in [-0.1, -0.05) is 0 Å². The Morgan fingerprint density at radius 1 is 1.25 bits per heavy atom. The maximum Gasteiger partial charge on any atom is 0.405 e. The monoisotopic (exact) mass is 136 g/mol.